The molecule has 9 heteroatoms. The van der Waals surface area contributed by atoms with Crippen LogP contribution in [0.1, 0.15) is 19.3 Å². The summed E-state index contributed by atoms with van der Waals surface area (Å²) in [5.74, 6) is -3.03. The van der Waals surface area contributed by atoms with Crippen molar-refractivity contribution in [2.45, 2.75) is 25.4 Å². The molecule has 1 aromatic rings. The van der Waals surface area contributed by atoms with Crippen LogP contribution >= 0.6 is 11.6 Å². The van der Waals surface area contributed by atoms with Crippen molar-refractivity contribution in [3.63, 3.8) is 0 Å². The maximum atomic E-state index is 12.0. The number of hydrogen-bond donors (Lipinski definition) is 0. The molecule has 1 aliphatic heterocycles. The zero-order valence-electron chi connectivity index (χ0n) is 12.0. The molecule has 1 fully saturated rings. The number of pyridine rings is 1. The summed E-state index contributed by atoms with van der Waals surface area (Å²) in [6.07, 6.45) is -4.19. The Morgan fingerprint density at radius 3 is 2.52 bits per heavy atom. The lowest BCUT2D eigenvalue weighted by molar-refractivity contribution is -0.202. The molecule has 1 aromatic heterocycles. The molecule has 0 radical (unpaired) electrons. The molecule has 0 unspecified atom stereocenters. The van der Waals surface area contributed by atoms with Crippen molar-refractivity contribution in [2.75, 3.05) is 18.0 Å². The van der Waals surface area contributed by atoms with E-state index in [4.69, 9.17) is 11.6 Å². The van der Waals surface area contributed by atoms with Gasteiger partial charge in [-0.1, -0.05) is 17.7 Å². The zero-order valence-corrected chi connectivity index (χ0v) is 12.7. The smallest absolute Gasteiger partial charge is 0.386 e. The summed E-state index contributed by atoms with van der Waals surface area (Å²) in [5, 5.41) is 0.374. The predicted octanol–water partition coefficient (Wildman–Crippen LogP) is 2.97. The van der Waals surface area contributed by atoms with Gasteiger partial charge in [-0.15, -0.1) is 0 Å². The third-order valence-electron chi connectivity index (χ3n) is 3.53. The maximum absolute atomic E-state index is 12.0. The topological polar surface area (TPSA) is 59.5 Å². The van der Waals surface area contributed by atoms with Gasteiger partial charge >= 0.3 is 18.1 Å². The Morgan fingerprint density at radius 2 is 1.96 bits per heavy atom. The Labute approximate surface area is 135 Å². The third-order valence-corrected chi connectivity index (χ3v) is 3.74. The lowest BCUT2D eigenvalue weighted by Gasteiger charge is -2.32. The Bertz CT molecular complexity index is 587. The molecule has 2 rings (SSSR count). The molecule has 0 spiro atoms. The van der Waals surface area contributed by atoms with E-state index in [2.05, 4.69) is 9.72 Å². The van der Waals surface area contributed by atoms with Gasteiger partial charge in [-0.05, 0) is 30.9 Å². The summed E-state index contributed by atoms with van der Waals surface area (Å²) in [4.78, 5) is 28.1. The number of esters is 2. The van der Waals surface area contributed by atoms with Crippen LogP contribution in [-0.4, -0.2) is 36.2 Å². The Balaban J connectivity index is 1.81. The number of alkyl halides is 3. The van der Waals surface area contributed by atoms with Gasteiger partial charge in [0, 0.05) is 19.5 Å². The molecular weight excluding hydrogens is 337 g/mol. The molecule has 1 aliphatic rings. The predicted molar refractivity (Wildman–Crippen MR) is 76.0 cm³/mol. The number of anilines is 1. The molecule has 2 heterocycles. The summed E-state index contributed by atoms with van der Waals surface area (Å²) >= 11 is 5.82. The van der Waals surface area contributed by atoms with Crippen LogP contribution in [0.15, 0.2) is 18.2 Å². The normalized spacial score (nSPS) is 16.3. The number of halogens is 4. The van der Waals surface area contributed by atoms with Crippen LogP contribution in [0, 0.1) is 5.92 Å². The number of hydrogen-bond acceptors (Lipinski definition) is 5. The Morgan fingerprint density at radius 1 is 1.30 bits per heavy atom. The van der Waals surface area contributed by atoms with E-state index < -0.39 is 18.1 Å². The van der Waals surface area contributed by atoms with E-state index in [0.29, 0.717) is 36.9 Å². The minimum Gasteiger partial charge on any atom is -0.386 e. The van der Waals surface area contributed by atoms with Crippen molar-refractivity contribution in [1.82, 2.24) is 4.98 Å². The van der Waals surface area contributed by atoms with E-state index in [1.165, 1.54) is 0 Å². The summed E-state index contributed by atoms with van der Waals surface area (Å²) in [5.41, 5.74) is 0. The van der Waals surface area contributed by atoms with Crippen LogP contribution in [-0.2, 0) is 14.3 Å². The van der Waals surface area contributed by atoms with E-state index in [1.54, 1.807) is 12.1 Å². The molecule has 0 aromatic carbocycles. The molecule has 23 heavy (non-hydrogen) atoms. The molecule has 0 bridgehead atoms. The van der Waals surface area contributed by atoms with Crippen LogP contribution in [0.3, 0.4) is 0 Å². The fraction of sp³-hybridized carbons (Fsp3) is 0.500. The first-order chi connectivity index (χ1) is 10.8. The summed E-state index contributed by atoms with van der Waals surface area (Å²) in [7, 11) is 0. The standard InChI is InChI=1S/C14H14ClF3N2O3/c15-10-2-1-3-11(19-10)20-6-4-9(5-7-20)8-12(21)23-13(22)14(16,17)18/h1-3,9H,4-8H2. The quantitative estimate of drug-likeness (QED) is 0.476. The maximum Gasteiger partial charge on any atom is 0.491 e. The second kappa shape index (κ2) is 7.16. The van der Waals surface area contributed by atoms with Gasteiger partial charge in [0.2, 0.25) is 0 Å². The summed E-state index contributed by atoms with van der Waals surface area (Å²) < 4.78 is 39.8. The van der Waals surface area contributed by atoms with Crippen molar-refractivity contribution in [3.8, 4) is 0 Å². The molecule has 126 valence electrons. The SMILES string of the molecule is O=C(CC1CCN(c2cccc(Cl)n2)CC1)OC(=O)C(F)(F)F. The highest BCUT2D eigenvalue weighted by Gasteiger charge is 2.42. The highest BCUT2D eigenvalue weighted by atomic mass is 35.5. The Kier molecular flexibility index (Phi) is 5.46. The Hall–Kier alpha value is -1.83. The van der Waals surface area contributed by atoms with Gasteiger partial charge in [0.05, 0.1) is 0 Å². The highest BCUT2D eigenvalue weighted by molar-refractivity contribution is 6.29. The van der Waals surface area contributed by atoms with Crippen molar-refractivity contribution >= 4 is 29.4 Å². The zero-order chi connectivity index (χ0) is 17.0. The highest BCUT2D eigenvalue weighted by Crippen LogP contribution is 2.25. The van der Waals surface area contributed by atoms with E-state index in [9.17, 15) is 22.8 Å². The molecule has 0 N–H and O–H groups in total. The molecule has 0 saturated carbocycles. The number of piperidine rings is 1. The van der Waals surface area contributed by atoms with Crippen LogP contribution in [0.4, 0.5) is 19.0 Å². The van der Waals surface area contributed by atoms with E-state index in [-0.39, 0.29) is 12.3 Å². The first-order valence-corrected chi connectivity index (χ1v) is 7.33. The van der Waals surface area contributed by atoms with Crippen molar-refractivity contribution in [2.24, 2.45) is 5.92 Å². The van der Waals surface area contributed by atoms with Crippen LogP contribution in [0.25, 0.3) is 0 Å². The summed E-state index contributed by atoms with van der Waals surface area (Å²) in [6.45, 7) is 1.19. The number of aromatic nitrogens is 1. The number of ether oxygens (including phenoxy) is 1. The average molecular weight is 351 g/mol. The first kappa shape index (κ1) is 17.5. The van der Waals surface area contributed by atoms with Gasteiger partial charge in [-0.25, -0.2) is 9.78 Å². The van der Waals surface area contributed by atoms with E-state index in [0.717, 1.165) is 0 Å². The minimum atomic E-state index is -5.16. The van der Waals surface area contributed by atoms with Gasteiger partial charge in [0.25, 0.3) is 0 Å². The monoisotopic (exact) mass is 350 g/mol. The number of carbonyl (C=O) groups excluding carboxylic acids is 2. The number of carbonyl (C=O) groups is 2. The molecule has 0 atom stereocenters. The first-order valence-electron chi connectivity index (χ1n) is 6.95. The van der Waals surface area contributed by atoms with Gasteiger partial charge in [-0.2, -0.15) is 13.2 Å². The van der Waals surface area contributed by atoms with E-state index in [1.807, 2.05) is 11.0 Å². The largest absolute Gasteiger partial charge is 0.491 e. The fourth-order valence-electron chi connectivity index (χ4n) is 2.38. The van der Waals surface area contributed by atoms with Crippen LogP contribution in [0.2, 0.25) is 5.15 Å². The van der Waals surface area contributed by atoms with Gasteiger partial charge < -0.3 is 9.64 Å². The number of rotatable bonds is 3. The summed E-state index contributed by atoms with van der Waals surface area (Å²) in [6, 6.07) is 5.24. The van der Waals surface area contributed by atoms with Gasteiger partial charge in [0.15, 0.2) is 0 Å². The minimum absolute atomic E-state index is 0.126. The number of nitrogens with zero attached hydrogens (tertiary/aromatic N) is 2. The third kappa shape index (κ3) is 5.09. The van der Waals surface area contributed by atoms with Gasteiger partial charge in [0.1, 0.15) is 11.0 Å². The van der Waals surface area contributed by atoms with Crippen LogP contribution in [0.5, 0.6) is 0 Å². The molecule has 5 nitrogen and oxygen atoms in total. The lowest BCUT2D eigenvalue weighted by atomic mass is 9.93. The van der Waals surface area contributed by atoms with Crippen molar-refractivity contribution in [1.29, 1.82) is 0 Å². The second-order valence-electron chi connectivity index (χ2n) is 5.21. The van der Waals surface area contributed by atoms with Crippen molar-refractivity contribution in [3.05, 3.63) is 23.4 Å². The van der Waals surface area contributed by atoms with E-state index >= 15 is 0 Å². The molecule has 1 saturated heterocycles. The molecule has 0 amide bonds. The molecule has 0 aliphatic carbocycles. The average Bonchev–Trinajstić information content (AvgIpc) is 2.47. The fourth-order valence-corrected chi connectivity index (χ4v) is 2.54. The van der Waals surface area contributed by atoms with Crippen molar-refractivity contribution < 1.29 is 27.5 Å². The lowest BCUT2D eigenvalue weighted by Crippen LogP contribution is -2.35. The van der Waals surface area contributed by atoms with Crippen LogP contribution < -0.4 is 4.90 Å². The second-order valence-corrected chi connectivity index (χ2v) is 5.60. The molecular formula is C14H14ClF3N2O3. The van der Waals surface area contributed by atoms with Gasteiger partial charge in [-0.3, -0.25) is 4.79 Å².